The lowest BCUT2D eigenvalue weighted by Gasteiger charge is -2.42. The lowest BCUT2D eigenvalue weighted by Crippen LogP contribution is -2.45. The van der Waals surface area contributed by atoms with E-state index in [9.17, 15) is 13.0 Å². The predicted octanol–water partition coefficient (Wildman–Crippen LogP) is 4.28. The van der Waals surface area contributed by atoms with Gasteiger partial charge < -0.3 is 4.90 Å². The molecule has 0 amide bonds. The summed E-state index contributed by atoms with van der Waals surface area (Å²) in [5, 5.41) is 3.09. The highest BCUT2D eigenvalue weighted by Crippen LogP contribution is 2.35. The molecule has 27 heavy (non-hydrogen) atoms. The minimum atomic E-state index is -4.19. The van der Waals surface area contributed by atoms with Gasteiger partial charge in [-0.3, -0.25) is 4.55 Å². The lowest BCUT2D eigenvalue weighted by atomic mass is 9.90. The fourth-order valence-corrected chi connectivity index (χ4v) is 4.67. The van der Waals surface area contributed by atoms with Crippen molar-refractivity contribution in [2.45, 2.75) is 24.7 Å². The third-order valence-corrected chi connectivity index (χ3v) is 6.81. The van der Waals surface area contributed by atoms with E-state index in [1.165, 1.54) is 11.6 Å². The van der Waals surface area contributed by atoms with Crippen LogP contribution in [-0.4, -0.2) is 31.0 Å². The molecule has 1 aliphatic rings. The van der Waals surface area contributed by atoms with Gasteiger partial charge in [-0.05, 0) is 37.1 Å². The molecule has 1 fully saturated rings. The maximum Gasteiger partial charge on any atom is 0.294 e. The van der Waals surface area contributed by atoms with Crippen LogP contribution in [0.5, 0.6) is 0 Å². The van der Waals surface area contributed by atoms with Gasteiger partial charge in [0.15, 0.2) is 0 Å². The van der Waals surface area contributed by atoms with Crippen LogP contribution in [-0.2, 0) is 10.1 Å². The van der Waals surface area contributed by atoms with E-state index >= 15 is 0 Å². The van der Waals surface area contributed by atoms with Crippen molar-refractivity contribution >= 4 is 27.1 Å². The van der Waals surface area contributed by atoms with Gasteiger partial charge in [0.25, 0.3) is 10.1 Å². The van der Waals surface area contributed by atoms with E-state index in [0.29, 0.717) is 5.92 Å². The summed E-state index contributed by atoms with van der Waals surface area (Å²) in [4.78, 5) is 6.60. The highest BCUT2D eigenvalue weighted by Gasteiger charge is 2.29. The van der Waals surface area contributed by atoms with Crippen LogP contribution < -0.4 is 4.90 Å². The summed E-state index contributed by atoms with van der Waals surface area (Å²) in [6.45, 7) is 5.59. The second kappa shape index (κ2) is 6.74. The minimum Gasteiger partial charge on any atom is -0.370 e. The minimum absolute atomic E-state index is 0.0605. The average Bonchev–Trinajstić information content (AvgIpc) is 3.01. The Balaban J connectivity index is 1.48. The summed E-state index contributed by atoms with van der Waals surface area (Å²) in [6.07, 6.45) is 0. The molecule has 0 spiro atoms. The van der Waals surface area contributed by atoms with Crippen LogP contribution in [0.4, 0.5) is 5.69 Å². The van der Waals surface area contributed by atoms with Crippen LogP contribution in [0.1, 0.15) is 22.7 Å². The van der Waals surface area contributed by atoms with Crippen molar-refractivity contribution in [2.24, 2.45) is 0 Å². The van der Waals surface area contributed by atoms with Crippen LogP contribution in [0.25, 0.3) is 10.6 Å². The number of anilines is 1. The van der Waals surface area contributed by atoms with E-state index in [2.05, 4.69) is 39.5 Å². The number of benzene rings is 2. The molecule has 0 radical (unpaired) electrons. The SMILES string of the molecule is Cc1csc(-c2ccc(C3CN(c4cc(S(=O)(=O)O)ccc4C)C3)cc2)n1. The van der Waals surface area contributed by atoms with Crippen molar-refractivity contribution in [3.05, 3.63) is 64.7 Å². The molecular formula is C20H20N2O3S2. The molecule has 0 atom stereocenters. The molecule has 0 saturated carbocycles. The molecule has 1 N–H and O–H groups in total. The Morgan fingerprint density at radius 3 is 2.41 bits per heavy atom. The van der Waals surface area contributed by atoms with Crippen LogP contribution in [0.2, 0.25) is 0 Å². The summed E-state index contributed by atoms with van der Waals surface area (Å²) in [6, 6.07) is 13.2. The number of hydrogen-bond acceptors (Lipinski definition) is 5. The molecule has 0 bridgehead atoms. The van der Waals surface area contributed by atoms with Gasteiger partial charge in [-0.1, -0.05) is 30.3 Å². The van der Waals surface area contributed by atoms with Gasteiger partial charge in [0.1, 0.15) is 5.01 Å². The summed E-state index contributed by atoms with van der Waals surface area (Å²) in [7, 11) is -4.19. The van der Waals surface area contributed by atoms with E-state index in [0.717, 1.165) is 40.6 Å². The number of rotatable bonds is 4. The molecule has 3 aromatic rings. The summed E-state index contributed by atoms with van der Waals surface area (Å²) < 4.78 is 32.1. The van der Waals surface area contributed by atoms with E-state index in [4.69, 9.17) is 0 Å². The number of nitrogens with zero attached hydrogens (tertiary/aromatic N) is 2. The largest absolute Gasteiger partial charge is 0.370 e. The fraction of sp³-hybridized carbons (Fsp3) is 0.250. The first-order valence-corrected chi connectivity index (χ1v) is 11.0. The van der Waals surface area contributed by atoms with E-state index in [1.807, 2.05) is 13.8 Å². The second-order valence-corrected chi connectivity index (χ2v) is 9.22. The zero-order valence-electron chi connectivity index (χ0n) is 15.1. The third-order valence-electron chi connectivity index (χ3n) is 4.95. The molecule has 1 saturated heterocycles. The lowest BCUT2D eigenvalue weighted by molar-refractivity contribution is 0.482. The van der Waals surface area contributed by atoms with Crippen molar-refractivity contribution in [2.75, 3.05) is 18.0 Å². The Kier molecular flexibility index (Phi) is 4.53. The first-order valence-electron chi connectivity index (χ1n) is 8.67. The first kappa shape index (κ1) is 18.2. The van der Waals surface area contributed by atoms with Crippen LogP contribution in [0.15, 0.2) is 52.7 Å². The number of aromatic nitrogens is 1. The zero-order valence-corrected chi connectivity index (χ0v) is 16.7. The van der Waals surface area contributed by atoms with Gasteiger partial charge >= 0.3 is 0 Å². The smallest absolute Gasteiger partial charge is 0.294 e. The number of hydrogen-bond donors (Lipinski definition) is 1. The van der Waals surface area contributed by atoms with Crippen LogP contribution >= 0.6 is 11.3 Å². The highest BCUT2D eigenvalue weighted by molar-refractivity contribution is 7.85. The summed E-state index contributed by atoms with van der Waals surface area (Å²) in [5.74, 6) is 0.408. The first-order chi connectivity index (χ1) is 12.8. The van der Waals surface area contributed by atoms with Gasteiger partial charge in [0.2, 0.25) is 0 Å². The van der Waals surface area contributed by atoms with Crippen molar-refractivity contribution in [3.8, 4) is 10.6 Å². The number of thiazole rings is 1. The average molecular weight is 401 g/mol. The maximum absolute atomic E-state index is 11.4. The summed E-state index contributed by atoms with van der Waals surface area (Å²) in [5.41, 5.74) is 5.29. The van der Waals surface area contributed by atoms with Crippen molar-refractivity contribution in [3.63, 3.8) is 0 Å². The van der Waals surface area contributed by atoms with E-state index in [1.54, 1.807) is 23.5 Å². The third kappa shape index (κ3) is 3.63. The number of aryl methyl sites for hydroxylation is 2. The monoisotopic (exact) mass is 400 g/mol. The topological polar surface area (TPSA) is 70.5 Å². The molecule has 0 unspecified atom stereocenters. The van der Waals surface area contributed by atoms with Crippen LogP contribution in [0.3, 0.4) is 0 Å². The van der Waals surface area contributed by atoms with Gasteiger partial charge in [0, 0.05) is 41.3 Å². The molecule has 1 aromatic heterocycles. The molecule has 1 aliphatic heterocycles. The Hall–Kier alpha value is -2.22. The van der Waals surface area contributed by atoms with E-state index in [-0.39, 0.29) is 4.90 Å². The predicted molar refractivity (Wildman–Crippen MR) is 108 cm³/mol. The Morgan fingerprint density at radius 1 is 1.11 bits per heavy atom. The quantitative estimate of drug-likeness (QED) is 0.662. The molecule has 4 rings (SSSR count). The molecule has 2 aromatic carbocycles. The molecule has 7 heteroatoms. The van der Waals surface area contributed by atoms with Crippen molar-refractivity contribution in [1.82, 2.24) is 4.98 Å². The molecule has 0 aliphatic carbocycles. The summed E-state index contributed by atoms with van der Waals surface area (Å²) >= 11 is 1.65. The second-order valence-electron chi connectivity index (χ2n) is 6.94. The fourth-order valence-electron chi connectivity index (χ4n) is 3.36. The standard InChI is InChI=1S/C20H20N2O3S2/c1-13-3-8-18(27(23,24)25)9-19(13)22-10-17(11-22)15-4-6-16(7-5-15)20-21-14(2)12-26-20/h3-9,12,17H,10-11H2,1-2H3,(H,23,24,25). The van der Waals surface area contributed by atoms with Gasteiger partial charge in [-0.25, -0.2) is 4.98 Å². The molecule has 5 nitrogen and oxygen atoms in total. The van der Waals surface area contributed by atoms with Gasteiger partial charge in [0.05, 0.1) is 4.90 Å². The van der Waals surface area contributed by atoms with Gasteiger partial charge in [-0.15, -0.1) is 11.3 Å². The Bertz CT molecular complexity index is 1080. The van der Waals surface area contributed by atoms with Crippen LogP contribution in [0, 0.1) is 13.8 Å². The molecular weight excluding hydrogens is 380 g/mol. The molecule has 2 heterocycles. The van der Waals surface area contributed by atoms with Gasteiger partial charge in [-0.2, -0.15) is 8.42 Å². The highest BCUT2D eigenvalue weighted by atomic mass is 32.2. The van der Waals surface area contributed by atoms with E-state index < -0.39 is 10.1 Å². The zero-order chi connectivity index (χ0) is 19.2. The van der Waals surface area contributed by atoms with Crippen molar-refractivity contribution in [1.29, 1.82) is 0 Å². The Labute approximate surface area is 163 Å². The Morgan fingerprint density at radius 2 is 1.81 bits per heavy atom. The molecule has 140 valence electrons. The van der Waals surface area contributed by atoms with Crippen molar-refractivity contribution < 1.29 is 13.0 Å². The normalized spacial score (nSPS) is 15.0. The maximum atomic E-state index is 11.4.